The second kappa shape index (κ2) is 8.17. The Morgan fingerprint density at radius 1 is 1.21 bits per heavy atom. The van der Waals surface area contributed by atoms with Crippen molar-refractivity contribution in [1.82, 2.24) is 14.9 Å². The summed E-state index contributed by atoms with van der Waals surface area (Å²) in [5.41, 5.74) is 1.30. The maximum Gasteiger partial charge on any atom is 0.265 e. The molecular formula is C23H27N3O3. The number of carbonyl (C=O) groups excluding carboxylic acids is 1. The van der Waals surface area contributed by atoms with Crippen LogP contribution in [0.25, 0.3) is 16.6 Å². The normalized spacial score (nSPS) is 14.4. The van der Waals surface area contributed by atoms with Crippen molar-refractivity contribution in [3.63, 3.8) is 0 Å². The van der Waals surface area contributed by atoms with E-state index >= 15 is 0 Å². The summed E-state index contributed by atoms with van der Waals surface area (Å²) in [4.78, 5) is 29.9. The SMILES string of the molecule is CC[C@](C)(CNC(=O)c1ccc(-n2c(C)nc3ccccc3c2=O)cc1)[C@H](C)O. The number of fused-ring (bicyclic) bond motifs is 1. The van der Waals surface area contributed by atoms with Gasteiger partial charge in [-0.1, -0.05) is 26.0 Å². The predicted molar refractivity (Wildman–Crippen MR) is 114 cm³/mol. The van der Waals surface area contributed by atoms with E-state index in [0.717, 1.165) is 6.42 Å². The summed E-state index contributed by atoms with van der Waals surface area (Å²) in [6.45, 7) is 7.85. The molecule has 1 aromatic heterocycles. The first-order valence-corrected chi connectivity index (χ1v) is 9.82. The van der Waals surface area contributed by atoms with Crippen molar-refractivity contribution < 1.29 is 9.90 Å². The maximum atomic E-state index is 12.9. The third-order valence-electron chi connectivity index (χ3n) is 5.80. The molecule has 29 heavy (non-hydrogen) atoms. The molecule has 152 valence electrons. The molecule has 0 aliphatic rings. The van der Waals surface area contributed by atoms with Gasteiger partial charge in [-0.05, 0) is 56.7 Å². The molecule has 2 N–H and O–H groups in total. The Balaban J connectivity index is 1.85. The van der Waals surface area contributed by atoms with Gasteiger partial charge in [0.15, 0.2) is 0 Å². The second-order valence-corrected chi connectivity index (χ2v) is 7.73. The highest BCUT2D eigenvalue weighted by Gasteiger charge is 2.28. The molecule has 0 aliphatic carbocycles. The van der Waals surface area contributed by atoms with Gasteiger partial charge in [-0.2, -0.15) is 0 Å². The Hall–Kier alpha value is -2.99. The van der Waals surface area contributed by atoms with Crippen LogP contribution in [0.4, 0.5) is 0 Å². The average Bonchev–Trinajstić information content (AvgIpc) is 2.72. The Labute approximate surface area is 170 Å². The van der Waals surface area contributed by atoms with Crippen molar-refractivity contribution in [2.24, 2.45) is 5.41 Å². The van der Waals surface area contributed by atoms with Crippen LogP contribution in [0.5, 0.6) is 0 Å². The Morgan fingerprint density at radius 2 is 1.86 bits per heavy atom. The fourth-order valence-electron chi connectivity index (χ4n) is 3.26. The van der Waals surface area contributed by atoms with E-state index in [-0.39, 0.29) is 16.9 Å². The minimum absolute atomic E-state index is 0.138. The molecule has 2 aromatic carbocycles. The van der Waals surface area contributed by atoms with E-state index in [9.17, 15) is 14.7 Å². The summed E-state index contributed by atoms with van der Waals surface area (Å²) in [6.07, 6.45) is 0.228. The smallest absolute Gasteiger partial charge is 0.265 e. The molecule has 0 unspecified atom stereocenters. The summed E-state index contributed by atoms with van der Waals surface area (Å²) in [5.74, 6) is 0.374. The number of hydrogen-bond donors (Lipinski definition) is 2. The van der Waals surface area contributed by atoms with Crippen molar-refractivity contribution in [3.8, 4) is 5.69 Å². The molecule has 3 rings (SSSR count). The molecule has 0 aliphatic heterocycles. The maximum absolute atomic E-state index is 12.9. The van der Waals surface area contributed by atoms with E-state index in [1.165, 1.54) is 0 Å². The van der Waals surface area contributed by atoms with E-state index in [1.807, 2.05) is 32.0 Å². The lowest BCUT2D eigenvalue weighted by molar-refractivity contribution is 0.0473. The lowest BCUT2D eigenvalue weighted by Crippen LogP contribution is -2.41. The van der Waals surface area contributed by atoms with Gasteiger partial charge >= 0.3 is 0 Å². The lowest BCUT2D eigenvalue weighted by atomic mass is 9.82. The molecule has 6 nitrogen and oxygen atoms in total. The van der Waals surface area contributed by atoms with Gasteiger partial charge in [-0.15, -0.1) is 0 Å². The molecule has 0 fully saturated rings. The quantitative estimate of drug-likeness (QED) is 0.673. The fraction of sp³-hybridized carbons (Fsp3) is 0.348. The van der Waals surface area contributed by atoms with Crippen molar-refractivity contribution in [3.05, 3.63) is 70.3 Å². The van der Waals surface area contributed by atoms with Crippen LogP contribution in [0.3, 0.4) is 0 Å². The van der Waals surface area contributed by atoms with Crippen molar-refractivity contribution in [2.75, 3.05) is 6.54 Å². The summed E-state index contributed by atoms with van der Waals surface area (Å²) >= 11 is 0. The van der Waals surface area contributed by atoms with Crippen LogP contribution in [0.1, 0.15) is 43.4 Å². The molecule has 0 bridgehead atoms. The summed E-state index contributed by atoms with van der Waals surface area (Å²) in [6, 6.07) is 14.1. The van der Waals surface area contributed by atoms with Gasteiger partial charge in [0.1, 0.15) is 5.82 Å². The summed E-state index contributed by atoms with van der Waals surface area (Å²) in [5, 5.41) is 13.4. The van der Waals surface area contributed by atoms with E-state index in [2.05, 4.69) is 10.3 Å². The average molecular weight is 393 g/mol. The second-order valence-electron chi connectivity index (χ2n) is 7.73. The number of hydrogen-bond acceptors (Lipinski definition) is 4. The van der Waals surface area contributed by atoms with Crippen molar-refractivity contribution in [1.29, 1.82) is 0 Å². The number of rotatable bonds is 6. The van der Waals surface area contributed by atoms with Crippen molar-refractivity contribution in [2.45, 2.75) is 40.2 Å². The van der Waals surface area contributed by atoms with Gasteiger partial charge in [0.25, 0.3) is 11.5 Å². The largest absolute Gasteiger partial charge is 0.393 e. The first-order chi connectivity index (χ1) is 13.8. The third kappa shape index (κ3) is 4.07. The number of nitrogens with one attached hydrogen (secondary N) is 1. The Bertz CT molecular complexity index is 1090. The highest BCUT2D eigenvalue weighted by Crippen LogP contribution is 2.24. The molecule has 0 saturated carbocycles. The van der Waals surface area contributed by atoms with Crippen LogP contribution >= 0.6 is 0 Å². The number of aryl methyl sites for hydroxylation is 1. The number of para-hydroxylation sites is 1. The zero-order valence-electron chi connectivity index (χ0n) is 17.3. The minimum Gasteiger partial charge on any atom is -0.393 e. The summed E-state index contributed by atoms with van der Waals surface area (Å²) < 4.78 is 1.55. The van der Waals surface area contributed by atoms with Gasteiger partial charge in [0.2, 0.25) is 0 Å². The van der Waals surface area contributed by atoms with E-state index in [4.69, 9.17) is 0 Å². The van der Waals surface area contributed by atoms with E-state index in [0.29, 0.717) is 34.5 Å². The molecule has 3 aromatic rings. The van der Waals surface area contributed by atoms with Crippen LogP contribution in [0.15, 0.2) is 53.3 Å². The van der Waals surface area contributed by atoms with E-state index in [1.54, 1.807) is 48.7 Å². The van der Waals surface area contributed by atoms with Gasteiger partial charge in [-0.25, -0.2) is 4.98 Å². The zero-order chi connectivity index (χ0) is 21.2. The van der Waals surface area contributed by atoms with Crippen LogP contribution in [0.2, 0.25) is 0 Å². The first kappa shape index (κ1) is 20.7. The molecule has 6 heteroatoms. The number of amides is 1. The van der Waals surface area contributed by atoms with Crippen molar-refractivity contribution >= 4 is 16.8 Å². The van der Waals surface area contributed by atoms with Gasteiger partial charge in [-0.3, -0.25) is 14.2 Å². The van der Waals surface area contributed by atoms with Crippen LogP contribution in [-0.2, 0) is 0 Å². The molecule has 2 atom stereocenters. The van der Waals surface area contributed by atoms with E-state index < -0.39 is 6.10 Å². The van der Waals surface area contributed by atoms with Crippen LogP contribution < -0.4 is 10.9 Å². The van der Waals surface area contributed by atoms with Gasteiger partial charge in [0, 0.05) is 17.5 Å². The molecule has 1 heterocycles. The third-order valence-corrected chi connectivity index (χ3v) is 5.80. The minimum atomic E-state index is -0.523. The lowest BCUT2D eigenvalue weighted by Gasteiger charge is -2.31. The molecule has 0 spiro atoms. The number of aliphatic hydroxyl groups is 1. The van der Waals surface area contributed by atoms with Crippen LogP contribution in [0, 0.1) is 12.3 Å². The molecule has 1 amide bonds. The molecular weight excluding hydrogens is 366 g/mol. The first-order valence-electron chi connectivity index (χ1n) is 9.82. The van der Waals surface area contributed by atoms with Gasteiger partial charge < -0.3 is 10.4 Å². The number of nitrogens with zero attached hydrogens (tertiary/aromatic N) is 2. The monoisotopic (exact) mass is 393 g/mol. The fourth-order valence-corrected chi connectivity index (χ4v) is 3.26. The standard InChI is InChI=1S/C23H27N3O3/c1-5-23(4,15(2)27)14-24-21(28)17-10-12-18(13-11-17)26-16(3)25-20-9-7-6-8-19(20)22(26)29/h6-13,15,27H,5,14H2,1-4H3,(H,24,28)/t15-,23+/m0/s1. The Kier molecular flexibility index (Phi) is 5.84. The Morgan fingerprint density at radius 3 is 2.48 bits per heavy atom. The number of aromatic nitrogens is 2. The predicted octanol–water partition coefficient (Wildman–Crippen LogP) is 3.22. The molecule has 0 radical (unpaired) electrons. The number of carbonyl (C=O) groups is 1. The number of aliphatic hydroxyl groups excluding tert-OH is 1. The van der Waals surface area contributed by atoms with Gasteiger partial charge in [0.05, 0.1) is 22.7 Å². The van der Waals surface area contributed by atoms with Crippen LogP contribution in [-0.4, -0.2) is 33.2 Å². The zero-order valence-corrected chi connectivity index (χ0v) is 17.3. The topological polar surface area (TPSA) is 84.2 Å². The molecule has 0 saturated heterocycles. The summed E-state index contributed by atoms with van der Waals surface area (Å²) in [7, 11) is 0. The highest BCUT2D eigenvalue weighted by atomic mass is 16.3. The highest BCUT2D eigenvalue weighted by molar-refractivity contribution is 5.94. The number of benzene rings is 2.